The molecule has 3 rings (SSSR count). The largest absolute Gasteiger partial charge is 0.348 e. The Labute approximate surface area is 180 Å². The number of nitrogens with zero attached hydrogens (tertiary/aromatic N) is 2. The number of hydrogen-bond donors (Lipinski definition) is 1. The Hall–Kier alpha value is -2.07. The van der Waals surface area contributed by atoms with E-state index in [0.29, 0.717) is 5.92 Å². The molecule has 1 saturated carbocycles. The van der Waals surface area contributed by atoms with E-state index in [1.54, 1.807) is 6.08 Å². The summed E-state index contributed by atoms with van der Waals surface area (Å²) < 4.78 is 3.34. The number of rotatable bonds is 4. The molecule has 2 aromatic rings. The van der Waals surface area contributed by atoms with E-state index in [1.165, 1.54) is 9.99 Å². The van der Waals surface area contributed by atoms with Gasteiger partial charge in [0.15, 0.2) is 0 Å². The van der Waals surface area contributed by atoms with Gasteiger partial charge in [-0.25, -0.2) is 0 Å². The zero-order chi connectivity index (χ0) is 20.3. The first-order valence-corrected chi connectivity index (χ1v) is 10.9. The van der Waals surface area contributed by atoms with E-state index in [-0.39, 0.29) is 17.5 Å². The number of nitrogens with one attached hydrogen (secondary N) is 1. The number of amides is 1. The summed E-state index contributed by atoms with van der Waals surface area (Å²) in [5.41, 5.74) is 4.24. The zero-order valence-electron chi connectivity index (χ0n) is 16.6. The molecule has 1 heterocycles. The Kier molecular flexibility index (Phi) is 6.61. The van der Waals surface area contributed by atoms with Gasteiger partial charge in [-0.1, -0.05) is 19.8 Å². The lowest BCUT2D eigenvalue weighted by Crippen LogP contribution is -2.41. The summed E-state index contributed by atoms with van der Waals surface area (Å²) in [4.78, 5) is 12.7. The number of halogens is 1. The molecule has 0 unspecified atom stereocenters. The van der Waals surface area contributed by atoms with Crippen LogP contribution in [0.4, 0.5) is 0 Å². The van der Waals surface area contributed by atoms with Crippen LogP contribution in [-0.4, -0.2) is 16.5 Å². The van der Waals surface area contributed by atoms with Crippen LogP contribution >= 0.6 is 22.6 Å². The molecule has 146 valence electrons. The normalized spacial score (nSPS) is 19.9. The van der Waals surface area contributed by atoms with Crippen LogP contribution in [0.5, 0.6) is 0 Å². The van der Waals surface area contributed by atoms with Gasteiger partial charge in [0.2, 0.25) is 0 Å². The Balaban J connectivity index is 1.86. The van der Waals surface area contributed by atoms with Gasteiger partial charge in [-0.15, -0.1) is 0 Å². The minimum absolute atomic E-state index is 0.164. The van der Waals surface area contributed by atoms with E-state index in [4.69, 9.17) is 0 Å². The van der Waals surface area contributed by atoms with Gasteiger partial charge in [-0.3, -0.25) is 4.79 Å². The molecule has 2 atom stereocenters. The first-order chi connectivity index (χ1) is 13.4. The molecule has 1 fully saturated rings. The molecule has 1 aromatic heterocycles. The summed E-state index contributed by atoms with van der Waals surface area (Å²) in [7, 11) is 0. The van der Waals surface area contributed by atoms with Crippen molar-refractivity contribution in [3.63, 3.8) is 0 Å². The van der Waals surface area contributed by atoms with Gasteiger partial charge < -0.3 is 9.88 Å². The van der Waals surface area contributed by atoms with E-state index in [1.807, 2.05) is 19.9 Å². The highest BCUT2D eigenvalue weighted by molar-refractivity contribution is 14.1. The van der Waals surface area contributed by atoms with Gasteiger partial charge in [0.25, 0.3) is 5.91 Å². The fourth-order valence-corrected chi connectivity index (χ4v) is 4.36. The molecular formula is C23H26IN3O. The van der Waals surface area contributed by atoms with E-state index in [0.717, 1.165) is 41.9 Å². The van der Waals surface area contributed by atoms with Gasteiger partial charge in [0, 0.05) is 26.7 Å². The predicted molar refractivity (Wildman–Crippen MR) is 121 cm³/mol. The molecule has 0 bridgehead atoms. The van der Waals surface area contributed by atoms with Crippen LogP contribution < -0.4 is 5.32 Å². The van der Waals surface area contributed by atoms with E-state index in [9.17, 15) is 10.1 Å². The average molecular weight is 487 g/mol. The van der Waals surface area contributed by atoms with Crippen LogP contribution in [0.2, 0.25) is 0 Å². The van der Waals surface area contributed by atoms with Crippen molar-refractivity contribution in [2.24, 2.45) is 5.92 Å². The number of hydrogen-bond acceptors (Lipinski definition) is 2. The number of benzene rings is 1. The van der Waals surface area contributed by atoms with Gasteiger partial charge in [0.05, 0.1) is 0 Å². The molecule has 1 aromatic carbocycles. The molecule has 1 aliphatic carbocycles. The van der Waals surface area contributed by atoms with Crippen molar-refractivity contribution < 1.29 is 4.79 Å². The van der Waals surface area contributed by atoms with E-state index < -0.39 is 0 Å². The van der Waals surface area contributed by atoms with E-state index in [2.05, 4.69) is 69.7 Å². The molecule has 28 heavy (non-hydrogen) atoms. The Morgan fingerprint density at radius 3 is 2.57 bits per heavy atom. The second kappa shape index (κ2) is 8.95. The van der Waals surface area contributed by atoms with Crippen LogP contribution in [0.15, 0.2) is 35.9 Å². The summed E-state index contributed by atoms with van der Waals surface area (Å²) >= 11 is 2.29. The summed E-state index contributed by atoms with van der Waals surface area (Å²) in [6.45, 7) is 6.24. The van der Waals surface area contributed by atoms with Crippen molar-refractivity contribution >= 4 is 34.6 Å². The second-order valence-corrected chi connectivity index (χ2v) is 8.90. The molecule has 1 amide bonds. The average Bonchev–Trinajstić information content (AvgIpc) is 2.95. The molecular weight excluding hydrogens is 461 g/mol. The highest BCUT2D eigenvalue weighted by atomic mass is 127. The first-order valence-electron chi connectivity index (χ1n) is 9.78. The summed E-state index contributed by atoms with van der Waals surface area (Å²) in [5, 5.41) is 12.7. The third kappa shape index (κ3) is 4.49. The van der Waals surface area contributed by atoms with Crippen LogP contribution in [0.3, 0.4) is 0 Å². The summed E-state index contributed by atoms with van der Waals surface area (Å²) in [6, 6.07) is 12.6. The van der Waals surface area contributed by atoms with Crippen molar-refractivity contribution in [1.29, 1.82) is 5.26 Å². The second-order valence-electron chi connectivity index (χ2n) is 7.65. The fraction of sp³-hybridized carbons (Fsp3) is 0.391. The first kappa shape index (κ1) is 20.7. The molecule has 4 nitrogen and oxygen atoms in total. The summed E-state index contributed by atoms with van der Waals surface area (Å²) in [5.74, 6) is 0.198. The molecule has 0 radical (unpaired) electrons. The van der Waals surface area contributed by atoms with Crippen molar-refractivity contribution in [2.45, 2.75) is 52.5 Å². The minimum Gasteiger partial charge on any atom is -0.348 e. The van der Waals surface area contributed by atoms with Crippen molar-refractivity contribution in [3.8, 4) is 11.8 Å². The van der Waals surface area contributed by atoms with Crippen LogP contribution in [0, 0.1) is 34.7 Å². The maximum Gasteiger partial charge on any atom is 0.262 e. The predicted octanol–water partition coefficient (Wildman–Crippen LogP) is 5.30. The zero-order valence-corrected chi connectivity index (χ0v) is 18.8. The van der Waals surface area contributed by atoms with Crippen LogP contribution in [-0.2, 0) is 4.79 Å². The lowest BCUT2D eigenvalue weighted by molar-refractivity contribution is -0.118. The fourth-order valence-electron chi connectivity index (χ4n) is 4.00. The maximum atomic E-state index is 12.7. The molecule has 0 saturated heterocycles. The summed E-state index contributed by atoms with van der Waals surface area (Å²) in [6.07, 6.45) is 6.20. The van der Waals surface area contributed by atoms with Crippen molar-refractivity contribution in [1.82, 2.24) is 9.88 Å². The van der Waals surface area contributed by atoms with Gasteiger partial charge >= 0.3 is 0 Å². The van der Waals surface area contributed by atoms with Crippen LogP contribution in [0.1, 0.15) is 49.6 Å². The van der Waals surface area contributed by atoms with E-state index >= 15 is 0 Å². The number of carbonyl (C=O) groups excluding carboxylic acids is 1. The third-order valence-electron chi connectivity index (χ3n) is 5.65. The van der Waals surface area contributed by atoms with Crippen molar-refractivity contribution in [2.75, 3.05) is 0 Å². The minimum atomic E-state index is -0.264. The highest BCUT2D eigenvalue weighted by Gasteiger charge is 2.24. The Bertz CT molecular complexity index is 934. The molecule has 1 N–H and O–H groups in total. The highest BCUT2D eigenvalue weighted by Crippen LogP contribution is 2.25. The number of aromatic nitrogens is 1. The molecule has 1 aliphatic rings. The number of nitriles is 1. The lowest BCUT2D eigenvalue weighted by atomic mass is 9.86. The SMILES string of the molecule is Cc1cc(/C=C(\C#N)C(=O)N[C@@H]2CCCC[C@H]2C)c(C)n1-c1ccc(I)cc1. The monoisotopic (exact) mass is 487 g/mol. The molecule has 5 heteroatoms. The topological polar surface area (TPSA) is 57.8 Å². The van der Waals surface area contributed by atoms with Crippen molar-refractivity contribution in [3.05, 3.63) is 56.4 Å². The smallest absolute Gasteiger partial charge is 0.262 e. The maximum absolute atomic E-state index is 12.7. The lowest BCUT2D eigenvalue weighted by Gasteiger charge is -2.29. The van der Waals surface area contributed by atoms with Gasteiger partial charge in [0.1, 0.15) is 11.6 Å². The Morgan fingerprint density at radius 1 is 1.25 bits per heavy atom. The number of aryl methyl sites for hydroxylation is 1. The quantitative estimate of drug-likeness (QED) is 0.362. The number of carbonyl (C=O) groups is 1. The van der Waals surface area contributed by atoms with Gasteiger partial charge in [-0.05, 0) is 97.2 Å². The van der Waals surface area contributed by atoms with Crippen LogP contribution in [0.25, 0.3) is 11.8 Å². The standard InChI is InChI=1S/C23H26IN3O/c1-15-6-4-5-7-22(15)26-23(28)19(14-25)13-18-12-16(2)27(17(18)3)21-10-8-20(24)9-11-21/h8-13,15,22H,4-7H2,1-3H3,(H,26,28)/b19-13+/t15-,22-/m1/s1. The Morgan fingerprint density at radius 2 is 1.93 bits per heavy atom. The third-order valence-corrected chi connectivity index (χ3v) is 6.37. The van der Waals surface area contributed by atoms with Gasteiger partial charge in [-0.2, -0.15) is 5.26 Å². The molecule has 0 spiro atoms. The molecule has 0 aliphatic heterocycles.